The maximum Gasteiger partial charge on any atom is -0.00414 e. The van der Waals surface area contributed by atoms with Crippen LogP contribution in [0.1, 0.15) is 63.5 Å². The van der Waals surface area contributed by atoms with Gasteiger partial charge in [-0.05, 0) is 54.1 Å². The molecule has 1 aromatic rings. The van der Waals surface area contributed by atoms with Crippen molar-refractivity contribution in [3.8, 4) is 0 Å². The standard InChI is InChI=1S/C18H26/c1-3-4-5-9-17-15-11-12-18(17,2)16-10-7-6-8-14(16)13-15/h6-8,10,15,17H,3-5,9,11-13H2,1-2H3/t15-,17+,18?/m0/s1. The third-order valence-corrected chi connectivity index (χ3v) is 5.66. The molecule has 0 aliphatic heterocycles. The minimum atomic E-state index is 0.493. The van der Waals surface area contributed by atoms with Crippen LogP contribution in [-0.4, -0.2) is 0 Å². The lowest BCUT2D eigenvalue weighted by atomic mass is 9.64. The van der Waals surface area contributed by atoms with Crippen molar-refractivity contribution in [3.05, 3.63) is 35.4 Å². The average molecular weight is 242 g/mol. The van der Waals surface area contributed by atoms with Gasteiger partial charge in [-0.1, -0.05) is 57.4 Å². The molecule has 1 saturated carbocycles. The Labute approximate surface area is 112 Å². The molecular weight excluding hydrogens is 216 g/mol. The van der Waals surface area contributed by atoms with Crippen molar-refractivity contribution in [2.45, 2.75) is 64.2 Å². The molecule has 3 atom stereocenters. The van der Waals surface area contributed by atoms with E-state index in [0.29, 0.717) is 5.41 Å². The predicted molar refractivity (Wildman–Crippen MR) is 77.9 cm³/mol. The topological polar surface area (TPSA) is 0 Å². The predicted octanol–water partition coefficient (Wildman–Crippen LogP) is 5.11. The summed E-state index contributed by atoms with van der Waals surface area (Å²) in [6.07, 6.45) is 9.90. The van der Waals surface area contributed by atoms with Gasteiger partial charge in [0, 0.05) is 0 Å². The van der Waals surface area contributed by atoms with E-state index in [2.05, 4.69) is 38.1 Å². The van der Waals surface area contributed by atoms with Gasteiger partial charge in [-0.15, -0.1) is 0 Å². The lowest BCUT2D eigenvalue weighted by Crippen LogP contribution is -2.35. The largest absolute Gasteiger partial charge is 0.0654 e. The molecule has 0 saturated heterocycles. The highest BCUT2D eigenvalue weighted by Crippen LogP contribution is 2.56. The van der Waals surface area contributed by atoms with E-state index in [1.54, 1.807) is 11.1 Å². The highest BCUT2D eigenvalue weighted by atomic mass is 14.5. The van der Waals surface area contributed by atoms with Gasteiger partial charge in [0.25, 0.3) is 0 Å². The number of unbranched alkanes of at least 4 members (excludes halogenated alkanes) is 2. The highest BCUT2D eigenvalue weighted by Gasteiger charge is 2.49. The first-order valence-corrected chi connectivity index (χ1v) is 7.84. The number of hydrogen-bond donors (Lipinski definition) is 0. The van der Waals surface area contributed by atoms with Crippen LogP contribution in [0.5, 0.6) is 0 Å². The first-order valence-electron chi connectivity index (χ1n) is 7.84. The van der Waals surface area contributed by atoms with E-state index in [4.69, 9.17) is 0 Å². The Hall–Kier alpha value is -0.780. The maximum atomic E-state index is 2.54. The Morgan fingerprint density at radius 3 is 2.89 bits per heavy atom. The molecule has 0 aromatic heterocycles. The molecule has 0 radical (unpaired) electrons. The third-order valence-electron chi connectivity index (χ3n) is 5.66. The normalized spacial score (nSPS) is 33.4. The molecule has 98 valence electrons. The average Bonchev–Trinajstić information content (AvgIpc) is 2.61. The summed E-state index contributed by atoms with van der Waals surface area (Å²) in [7, 11) is 0. The van der Waals surface area contributed by atoms with E-state index >= 15 is 0 Å². The SMILES string of the molecule is CCCCC[C@@H]1[C@H]2CCC1(C)c1ccccc1C2. The molecule has 0 heterocycles. The summed E-state index contributed by atoms with van der Waals surface area (Å²) in [5, 5.41) is 0. The fourth-order valence-electron chi connectivity index (χ4n) is 4.68. The van der Waals surface area contributed by atoms with Crippen LogP contribution < -0.4 is 0 Å². The molecule has 1 aromatic carbocycles. The summed E-state index contributed by atoms with van der Waals surface area (Å²) in [4.78, 5) is 0. The zero-order valence-corrected chi connectivity index (χ0v) is 11.9. The smallest absolute Gasteiger partial charge is 0.00414 e. The Morgan fingerprint density at radius 2 is 2.06 bits per heavy atom. The third kappa shape index (κ3) is 1.81. The summed E-state index contributed by atoms with van der Waals surface area (Å²) >= 11 is 0. The number of hydrogen-bond acceptors (Lipinski definition) is 0. The van der Waals surface area contributed by atoms with E-state index < -0.39 is 0 Å². The summed E-state index contributed by atoms with van der Waals surface area (Å²) < 4.78 is 0. The van der Waals surface area contributed by atoms with E-state index in [1.165, 1.54) is 44.9 Å². The fraction of sp³-hybridized carbons (Fsp3) is 0.667. The van der Waals surface area contributed by atoms with Gasteiger partial charge in [-0.25, -0.2) is 0 Å². The van der Waals surface area contributed by atoms with Crippen LogP contribution in [0.4, 0.5) is 0 Å². The van der Waals surface area contributed by atoms with E-state index in [0.717, 1.165) is 11.8 Å². The molecule has 1 fully saturated rings. The molecule has 0 N–H and O–H groups in total. The van der Waals surface area contributed by atoms with E-state index in [9.17, 15) is 0 Å². The molecule has 0 heteroatoms. The van der Waals surface area contributed by atoms with Crippen molar-refractivity contribution in [1.29, 1.82) is 0 Å². The van der Waals surface area contributed by atoms with Crippen LogP contribution in [0.25, 0.3) is 0 Å². The molecule has 2 bridgehead atoms. The van der Waals surface area contributed by atoms with Gasteiger partial charge in [0.05, 0.1) is 0 Å². The van der Waals surface area contributed by atoms with Crippen molar-refractivity contribution in [2.75, 3.05) is 0 Å². The lowest BCUT2D eigenvalue weighted by molar-refractivity contribution is 0.235. The highest BCUT2D eigenvalue weighted by molar-refractivity contribution is 5.39. The minimum Gasteiger partial charge on any atom is -0.0654 e. The molecule has 18 heavy (non-hydrogen) atoms. The Morgan fingerprint density at radius 1 is 1.22 bits per heavy atom. The maximum absolute atomic E-state index is 2.54. The Kier molecular flexibility index (Phi) is 3.21. The van der Waals surface area contributed by atoms with Gasteiger partial charge >= 0.3 is 0 Å². The second-order valence-electron chi connectivity index (χ2n) is 6.68. The van der Waals surface area contributed by atoms with Crippen molar-refractivity contribution >= 4 is 0 Å². The molecule has 0 spiro atoms. The second kappa shape index (κ2) is 4.72. The van der Waals surface area contributed by atoms with E-state index in [-0.39, 0.29) is 0 Å². The van der Waals surface area contributed by atoms with Crippen molar-refractivity contribution in [2.24, 2.45) is 11.8 Å². The number of fused-ring (bicyclic) bond motifs is 4. The van der Waals surface area contributed by atoms with Gasteiger partial charge in [-0.2, -0.15) is 0 Å². The van der Waals surface area contributed by atoms with Gasteiger partial charge in [0.2, 0.25) is 0 Å². The second-order valence-corrected chi connectivity index (χ2v) is 6.68. The first-order chi connectivity index (χ1) is 8.75. The van der Waals surface area contributed by atoms with Crippen LogP contribution in [0, 0.1) is 11.8 Å². The summed E-state index contributed by atoms with van der Waals surface area (Å²) in [5.41, 5.74) is 3.82. The lowest BCUT2D eigenvalue weighted by Gasteiger charge is -2.40. The zero-order valence-electron chi connectivity index (χ0n) is 11.9. The van der Waals surface area contributed by atoms with Crippen LogP contribution in [0.2, 0.25) is 0 Å². The van der Waals surface area contributed by atoms with Gasteiger partial charge in [-0.3, -0.25) is 0 Å². The summed E-state index contributed by atoms with van der Waals surface area (Å²) in [5.74, 6) is 1.93. The van der Waals surface area contributed by atoms with Crippen LogP contribution in [0.3, 0.4) is 0 Å². The number of benzene rings is 1. The number of rotatable bonds is 4. The van der Waals surface area contributed by atoms with Crippen LogP contribution in [0.15, 0.2) is 24.3 Å². The minimum absolute atomic E-state index is 0.493. The molecular formula is C18H26. The van der Waals surface area contributed by atoms with Crippen LogP contribution in [-0.2, 0) is 11.8 Å². The molecule has 2 aliphatic carbocycles. The van der Waals surface area contributed by atoms with Crippen molar-refractivity contribution in [3.63, 3.8) is 0 Å². The summed E-state index contributed by atoms with van der Waals surface area (Å²) in [6.45, 7) is 4.86. The molecule has 2 aliphatic rings. The fourth-order valence-corrected chi connectivity index (χ4v) is 4.68. The van der Waals surface area contributed by atoms with Crippen LogP contribution >= 0.6 is 0 Å². The zero-order chi connectivity index (χ0) is 12.6. The quantitative estimate of drug-likeness (QED) is 0.644. The molecule has 0 nitrogen and oxygen atoms in total. The van der Waals surface area contributed by atoms with E-state index in [1.807, 2.05) is 0 Å². The Balaban J connectivity index is 1.87. The van der Waals surface area contributed by atoms with Crippen molar-refractivity contribution < 1.29 is 0 Å². The first kappa shape index (κ1) is 12.3. The monoisotopic (exact) mass is 242 g/mol. The molecule has 3 rings (SSSR count). The Bertz CT molecular complexity index is 420. The van der Waals surface area contributed by atoms with Gasteiger partial charge in [0.1, 0.15) is 0 Å². The molecule has 0 amide bonds. The van der Waals surface area contributed by atoms with Crippen molar-refractivity contribution in [1.82, 2.24) is 0 Å². The van der Waals surface area contributed by atoms with Gasteiger partial charge in [0.15, 0.2) is 0 Å². The molecule has 1 unspecified atom stereocenters. The summed E-state index contributed by atoms with van der Waals surface area (Å²) in [6, 6.07) is 9.24. The van der Waals surface area contributed by atoms with Gasteiger partial charge < -0.3 is 0 Å².